The summed E-state index contributed by atoms with van der Waals surface area (Å²) in [6.45, 7) is 5.49. The van der Waals surface area contributed by atoms with E-state index >= 15 is 0 Å². The number of hydrogen-bond donors (Lipinski definition) is 0. The summed E-state index contributed by atoms with van der Waals surface area (Å²) in [5, 5.41) is 4.42. The van der Waals surface area contributed by atoms with Gasteiger partial charge in [0.05, 0.1) is 18.1 Å². The Hall–Kier alpha value is -3.36. The first-order valence-electron chi connectivity index (χ1n) is 9.28. The molecule has 0 atom stereocenters. The smallest absolute Gasteiger partial charge is 0.259 e. The van der Waals surface area contributed by atoms with Gasteiger partial charge in [0.15, 0.2) is 5.82 Å². The molecule has 0 N–H and O–H groups in total. The zero-order valence-corrected chi connectivity index (χ0v) is 16.1. The Morgan fingerprint density at radius 3 is 2.28 bits per heavy atom. The van der Waals surface area contributed by atoms with Crippen LogP contribution in [0.1, 0.15) is 21.7 Å². The second-order valence-corrected chi connectivity index (χ2v) is 6.95. The molecule has 29 heavy (non-hydrogen) atoms. The summed E-state index contributed by atoms with van der Waals surface area (Å²) in [7, 11) is 0. The van der Waals surface area contributed by atoms with Crippen LogP contribution in [-0.2, 0) is 0 Å². The highest BCUT2D eigenvalue weighted by Crippen LogP contribution is 2.19. The molecule has 9 heteroatoms. The number of piperazine rings is 1. The van der Waals surface area contributed by atoms with Gasteiger partial charge in [-0.25, -0.2) is 18.4 Å². The Balaban J connectivity index is 1.48. The van der Waals surface area contributed by atoms with Crippen molar-refractivity contribution in [2.24, 2.45) is 0 Å². The SMILES string of the molecule is Cc1cc(C)n(-c2cncc(N3CCN(C(=O)c4c(F)cccc4F)CC3)n2)n1. The van der Waals surface area contributed by atoms with Gasteiger partial charge in [0.1, 0.15) is 23.0 Å². The maximum absolute atomic E-state index is 13.9. The molecule has 150 valence electrons. The van der Waals surface area contributed by atoms with E-state index in [0.29, 0.717) is 37.8 Å². The summed E-state index contributed by atoms with van der Waals surface area (Å²) >= 11 is 0. The number of aryl methyl sites for hydroxylation is 2. The summed E-state index contributed by atoms with van der Waals surface area (Å²) in [6.07, 6.45) is 3.30. The van der Waals surface area contributed by atoms with E-state index in [1.54, 1.807) is 17.1 Å². The van der Waals surface area contributed by atoms with Gasteiger partial charge in [-0.05, 0) is 32.0 Å². The lowest BCUT2D eigenvalue weighted by molar-refractivity contribution is 0.0736. The third-order valence-electron chi connectivity index (χ3n) is 4.90. The van der Waals surface area contributed by atoms with Gasteiger partial charge < -0.3 is 9.80 Å². The fraction of sp³-hybridized carbons (Fsp3) is 0.300. The maximum Gasteiger partial charge on any atom is 0.259 e. The fourth-order valence-corrected chi connectivity index (χ4v) is 3.46. The van der Waals surface area contributed by atoms with E-state index in [2.05, 4.69) is 15.1 Å². The van der Waals surface area contributed by atoms with Crippen molar-refractivity contribution in [2.75, 3.05) is 31.1 Å². The fourth-order valence-electron chi connectivity index (χ4n) is 3.46. The van der Waals surface area contributed by atoms with Crippen LogP contribution in [-0.4, -0.2) is 56.7 Å². The van der Waals surface area contributed by atoms with Crippen LogP contribution in [0.25, 0.3) is 5.82 Å². The average Bonchev–Trinajstić information content (AvgIpc) is 3.06. The molecule has 0 radical (unpaired) electrons. The highest BCUT2D eigenvalue weighted by atomic mass is 19.1. The number of hydrogen-bond acceptors (Lipinski definition) is 5. The van der Waals surface area contributed by atoms with Gasteiger partial charge in [0.2, 0.25) is 0 Å². The van der Waals surface area contributed by atoms with Gasteiger partial charge in [-0.3, -0.25) is 9.78 Å². The molecule has 1 aliphatic heterocycles. The molecular formula is C20H20F2N6O. The van der Waals surface area contributed by atoms with E-state index in [0.717, 1.165) is 23.5 Å². The van der Waals surface area contributed by atoms with E-state index in [9.17, 15) is 13.6 Å². The van der Waals surface area contributed by atoms with Crippen molar-refractivity contribution in [1.82, 2.24) is 24.6 Å². The van der Waals surface area contributed by atoms with Crippen LogP contribution < -0.4 is 4.90 Å². The predicted molar refractivity (Wildman–Crippen MR) is 103 cm³/mol. The predicted octanol–water partition coefficient (Wildman–Crippen LogP) is 2.52. The largest absolute Gasteiger partial charge is 0.352 e. The van der Waals surface area contributed by atoms with Crippen molar-refractivity contribution in [1.29, 1.82) is 0 Å². The Kier molecular flexibility index (Phi) is 4.96. The quantitative estimate of drug-likeness (QED) is 0.678. The number of anilines is 1. The van der Waals surface area contributed by atoms with Gasteiger partial charge in [-0.2, -0.15) is 5.10 Å². The minimum Gasteiger partial charge on any atom is -0.352 e. The summed E-state index contributed by atoms with van der Waals surface area (Å²) < 4.78 is 29.6. The van der Waals surface area contributed by atoms with E-state index in [1.807, 2.05) is 24.8 Å². The first kappa shape index (κ1) is 19.0. The molecule has 2 aromatic heterocycles. The molecule has 0 aliphatic carbocycles. The number of aromatic nitrogens is 4. The third kappa shape index (κ3) is 3.67. The number of nitrogens with zero attached hydrogens (tertiary/aromatic N) is 6. The van der Waals surface area contributed by atoms with Gasteiger partial charge in [0.25, 0.3) is 5.91 Å². The van der Waals surface area contributed by atoms with Crippen molar-refractivity contribution in [3.63, 3.8) is 0 Å². The first-order valence-corrected chi connectivity index (χ1v) is 9.28. The molecule has 0 bridgehead atoms. The average molecular weight is 398 g/mol. The number of halogens is 2. The molecule has 7 nitrogen and oxygen atoms in total. The molecular weight excluding hydrogens is 378 g/mol. The summed E-state index contributed by atoms with van der Waals surface area (Å²) in [5.41, 5.74) is 1.34. The van der Waals surface area contributed by atoms with Crippen molar-refractivity contribution in [3.05, 3.63) is 65.2 Å². The molecule has 1 aromatic carbocycles. The molecule has 0 spiro atoms. The zero-order chi connectivity index (χ0) is 20.5. The minimum absolute atomic E-state index is 0.332. The zero-order valence-electron chi connectivity index (χ0n) is 16.1. The Labute approximate surface area is 166 Å². The van der Waals surface area contributed by atoms with E-state index in [-0.39, 0.29) is 0 Å². The van der Waals surface area contributed by atoms with Crippen LogP contribution in [0.3, 0.4) is 0 Å². The van der Waals surface area contributed by atoms with Crippen LogP contribution in [0.15, 0.2) is 36.7 Å². The molecule has 0 saturated carbocycles. The van der Waals surface area contributed by atoms with E-state index in [4.69, 9.17) is 0 Å². The third-order valence-corrected chi connectivity index (χ3v) is 4.90. The molecule has 1 saturated heterocycles. The van der Waals surface area contributed by atoms with Crippen molar-refractivity contribution < 1.29 is 13.6 Å². The highest BCUT2D eigenvalue weighted by molar-refractivity contribution is 5.95. The summed E-state index contributed by atoms with van der Waals surface area (Å²) in [4.78, 5) is 24.9. The van der Waals surface area contributed by atoms with Crippen LogP contribution in [0, 0.1) is 25.5 Å². The second-order valence-electron chi connectivity index (χ2n) is 6.95. The lowest BCUT2D eigenvalue weighted by Gasteiger charge is -2.35. The van der Waals surface area contributed by atoms with Gasteiger partial charge in [0, 0.05) is 31.9 Å². The summed E-state index contributed by atoms with van der Waals surface area (Å²) in [5.74, 6) is -1.05. The molecule has 3 aromatic rings. The van der Waals surface area contributed by atoms with Crippen molar-refractivity contribution in [3.8, 4) is 5.82 Å². The number of rotatable bonds is 3. The minimum atomic E-state index is -0.846. The van der Waals surface area contributed by atoms with E-state index < -0.39 is 23.1 Å². The maximum atomic E-state index is 13.9. The van der Waals surface area contributed by atoms with Gasteiger partial charge in [-0.1, -0.05) is 6.07 Å². The topological polar surface area (TPSA) is 67.2 Å². The van der Waals surface area contributed by atoms with Crippen LogP contribution in [0.5, 0.6) is 0 Å². The standard InChI is InChI=1S/C20H20F2N6O/c1-13-10-14(2)28(25-13)18-12-23-11-17(24-18)26-6-8-27(9-7-26)20(29)19-15(21)4-3-5-16(19)22/h3-5,10-12H,6-9H2,1-2H3. The molecule has 3 heterocycles. The van der Waals surface area contributed by atoms with Gasteiger partial charge >= 0.3 is 0 Å². The number of amides is 1. The lowest BCUT2D eigenvalue weighted by Crippen LogP contribution is -2.49. The Bertz CT molecular complexity index is 1040. The van der Waals surface area contributed by atoms with Gasteiger partial charge in [-0.15, -0.1) is 0 Å². The first-order chi connectivity index (χ1) is 13.9. The molecule has 0 unspecified atom stereocenters. The number of carbonyl (C=O) groups is 1. The second kappa shape index (κ2) is 7.57. The summed E-state index contributed by atoms with van der Waals surface area (Å²) in [6, 6.07) is 5.38. The van der Waals surface area contributed by atoms with E-state index in [1.165, 1.54) is 11.0 Å². The van der Waals surface area contributed by atoms with Crippen LogP contribution in [0.2, 0.25) is 0 Å². The van der Waals surface area contributed by atoms with Crippen molar-refractivity contribution >= 4 is 11.7 Å². The molecule has 1 fully saturated rings. The van der Waals surface area contributed by atoms with Crippen LogP contribution in [0.4, 0.5) is 14.6 Å². The van der Waals surface area contributed by atoms with Crippen LogP contribution >= 0.6 is 0 Å². The molecule has 1 aliphatic rings. The molecule has 1 amide bonds. The van der Waals surface area contributed by atoms with Crippen molar-refractivity contribution in [2.45, 2.75) is 13.8 Å². The number of carbonyl (C=O) groups excluding carboxylic acids is 1. The lowest BCUT2D eigenvalue weighted by atomic mass is 10.1. The normalized spacial score (nSPS) is 14.3. The highest BCUT2D eigenvalue weighted by Gasteiger charge is 2.27. The Morgan fingerprint density at radius 1 is 1.00 bits per heavy atom. The number of benzene rings is 1. The Morgan fingerprint density at radius 2 is 1.66 bits per heavy atom. The monoisotopic (exact) mass is 398 g/mol. The molecule has 4 rings (SSSR count).